The lowest BCUT2D eigenvalue weighted by Gasteiger charge is -2.14. The number of amides is 1. The lowest BCUT2D eigenvalue weighted by Crippen LogP contribution is -2.31. The van der Waals surface area contributed by atoms with Crippen LogP contribution in [0.5, 0.6) is 0 Å². The van der Waals surface area contributed by atoms with Crippen LogP contribution >= 0.6 is 0 Å². The summed E-state index contributed by atoms with van der Waals surface area (Å²) < 4.78 is 0. The Hall–Kier alpha value is -2.86. The number of fused-ring (bicyclic) bond motifs is 1. The van der Waals surface area contributed by atoms with E-state index in [1.807, 2.05) is 30.3 Å². The van der Waals surface area contributed by atoms with E-state index in [9.17, 15) is 9.59 Å². The maximum absolute atomic E-state index is 12.1. The molecule has 148 valence electrons. The fourth-order valence-corrected chi connectivity index (χ4v) is 3.25. The van der Waals surface area contributed by atoms with Gasteiger partial charge in [0.05, 0.1) is 11.0 Å². The molecule has 0 aliphatic heterocycles. The molecule has 1 unspecified atom stereocenters. The number of aryl methyl sites for hydroxylation is 1. The molecule has 0 fully saturated rings. The fourth-order valence-electron chi connectivity index (χ4n) is 3.25. The van der Waals surface area contributed by atoms with Gasteiger partial charge in [0.2, 0.25) is 5.91 Å². The number of carbonyl (C=O) groups is 1. The van der Waals surface area contributed by atoms with Crippen LogP contribution < -0.4 is 16.7 Å². The van der Waals surface area contributed by atoms with E-state index in [2.05, 4.69) is 41.3 Å². The van der Waals surface area contributed by atoms with Crippen molar-refractivity contribution in [2.24, 2.45) is 5.73 Å². The molecule has 1 aromatic heterocycles. The highest BCUT2D eigenvalue weighted by Gasteiger charge is 2.09. The highest BCUT2D eigenvalue weighted by molar-refractivity contribution is 5.76. The second-order valence-corrected chi connectivity index (χ2v) is 7.54. The molecule has 1 amide bonds. The summed E-state index contributed by atoms with van der Waals surface area (Å²) >= 11 is 0. The minimum absolute atomic E-state index is 0.00498. The normalized spacial score (nSPS) is 12.4. The maximum atomic E-state index is 12.1. The van der Waals surface area contributed by atoms with Gasteiger partial charge < -0.3 is 21.0 Å². The van der Waals surface area contributed by atoms with Crippen molar-refractivity contribution in [2.45, 2.75) is 45.1 Å². The number of carbonyl (C=O) groups excluding carboxylic acids is 1. The highest BCUT2D eigenvalue weighted by Crippen LogP contribution is 2.17. The van der Waals surface area contributed by atoms with E-state index in [0.29, 0.717) is 18.9 Å². The van der Waals surface area contributed by atoms with Crippen LogP contribution in [0.15, 0.2) is 47.3 Å². The van der Waals surface area contributed by atoms with Gasteiger partial charge in [0.15, 0.2) is 0 Å². The minimum atomic E-state index is -0.210. The van der Waals surface area contributed by atoms with Gasteiger partial charge in [0.25, 0.3) is 0 Å². The largest absolute Gasteiger partial charge is 0.354 e. The summed E-state index contributed by atoms with van der Waals surface area (Å²) in [6, 6.07) is 13.8. The third-order valence-corrected chi connectivity index (χ3v) is 5.00. The van der Waals surface area contributed by atoms with Gasteiger partial charge in [0.1, 0.15) is 0 Å². The van der Waals surface area contributed by atoms with Crippen LogP contribution in [0.1, 0.15) is 55.3 Å². The SMILES string of the molecule is CC(C)c1ccc(C(N)CNC(=O)CCCc2ccc3[nH]c(=O)[nH]c3c2)cc1. The van der Waals surface area contributed by atoms with Gasteiger partial charge >= 0.3 is 5.69 Å². The smallest absolute Gasteiger partial charge is 0.323 e. The number of imidazole rings is 1. The molecule has 0 saturated carbocycles. The third kappa shape index (κ3) is 5.10. The van der Waals surface area contributed by atoms with Crippen molar-refractivity contribution in [3.63, 3.8) is 0 Å². The number of H-pyrrole nitrogens is 2. The van der Waals surface area contributed by atoms with Gasteiger partial charge in [-0.25, -0.2) is 4.79 Å². The molecular weight excluding hydrogens is 352 g/mol. The second-order valence-electron chi connectivity index (χ2n) is 7.54. The summed E-state index contributed by atoms with van der Waals surface area (Å²) in [6.07, 6.45) is 1.96. The molecule has 6 nitrogen and oxygen atoms in total. The summed E-state index contributed by atoms with van der Waals surface area (Å²) in [6.45, 7) is 4.74. The summed E-state index contributed by atoms with van der Waals surface area (Å²) in [5, 5.41) is 2.92. The summed E-state index contributed by atoms with van der Waals surface area (Å²) in [5.74, 6) is 0.494. The molecule has 0 spiro atoms. The van der Waals surface area contributed by atoms with Crippen molar-refractivity contribution in [1.82, 2.24) is 15.3 Å². The van der Waals surface area contributed by atoms with Crippen molar-refractivity contribution in [2.75, 3.05) is 6.54 Å². The number of aromatic amines is 2. The molecule has 0 bridgehead atoms. The second kappa shape index (κ2) is 8.89. The Bertz CT molecular complexity index is 986. The summed E-state index contributed by atoms with van der Waals surface area (Å²) in [7, 11) is 0. The van der Waals surface area contributed by atoms with Crippen LogP contribution in [0.3, 0.4) is 0 Å². The van der Waals surface area contributed by atoms with Crippen molar-refractivity contribution in [3.8, 4) is 0 Å². The predicted octanol–water partition coefficient (Wildman–Crippen LogP) is 3.12. The zero-order valence-electron chi connectivity index (χ0n) is 16.4. The van der Waals surface area contributed by atoms with E-state index in [-0.39, 0.29) is 17.6 Å². The van der Waals surface area contributed by atoms with E-state index < -0.39 is 0 Å². The molecule has 6 heteroatoms. The van der Waals surface area contributed by atoms with Crippen LogP contribution in [0, 0.1) is 0 Å². The molecule has 3 rings (SSSR count). The molecule has 0 aliphatic rings. The predicted molar refractivity (Wildman–Crippen MR) is 112 cm³/mol. The van der Waals surface area contributed by atoms with E-state index in [4.69, 9.17) is 5.73 Å². The van der Waals surface area contributed by atoms with Gasteiger partial charge in [0, 0.05) is 19.0 Å². The molecule has 2 aromatic carbocycles. The number of hydrogen-bond donors (Lipinski definition) is 4. The number of rotatable bonds is 8. The Morgan fingerprint density at radius 2 is 1.71 bits per heavy atom. The van der Waals surface area contributed by atoms with E-state index in [1.54, 1.807) is 0 Å². The lowest BCUT2D eigenvalue weighted by atomic mass is 9.99. The first kappa shape index (κ1) is 19.9. The van der Waals surface area contributed by atoms with E-state index >= 15 is 0 Å². The average Bonchev–Trinajstić information content (AvgIpc) is 3.05. The molecule has 1 heterocycles. The molecular formula is C22H28N4O2. The third-order valence-electron chi connectivity index (χ3n) is 5.00. The molecule has 0 saturated heterocycles. The van der Waals surface area contributed by atoms with Gasteiger partial charge in [-0.05, 0) is 47.6 Å². The Labute approximate surface area is 164 Å². The van der Waals surface area contributed by atoms with Crippen LogP contribution in [-0.2, 0) is 11.2 Å². The molecule has 5 N–H and O–H groups in total. The number of hydrogen-bond acceptors (Lipinski definition) is 3. The molecule has 0 radical (unpaired) electrons. The first-order chi connectivity index (χ1) is 13.4. The molecule has 0 aliphatic carbocycles. The number of aromatic nitrogens is 2. The van der Waals surface area contributed by atoms with Gasteiger partial charge in [-0.3, -0.25) is 4.79 Å². The number of benzene rings is 2. The van der Waals surface area contributed by atoms with Crippen LogP contribution in [0.25, 0.3) is 11.0 Å². The van der Waals surface area contributed by atoms with Gasteiger partial charge in [-0.1, -0.05) is 44.2 Å². The Balaban J connectivity index is 1.42. The molecule has 3 aromatic rings. The van der Waals surface area contributed by atoms with E-state index in [1.165, 1.54) is 5.56 Å². The van der Waals surface area contributed by atoms with Crippen LogP contribution in [0.4, 0.5) is 0 Å². The topological polar surface area (TPSA) is 104 Å². The van der Waals surface area contributed by atoms with Gasteiger partial charge in [-0.15, -0.1) is 0 Å². The average molecular weight is 380 g/mol. The summed E-state index contributed by atoms with van der Waals surface area (Å²) in [4.78, 5) is 28.9. The fraction of sp³-hybridized carbons (Fsp3) is 0.364. The highest BCUT2D eigenvalue weighted by atomic mass is 16.1. The minimum Gasteiger partial charge on any atom is -0.354 e. The van der Waals surface area contributed by atoms with Gasteiger partial charge in [-0.2, -0.15) is 0 Å². The Kier molecular flexibility index (Phi) is 6.31. The van der Waals surface area contributed by atoms with Crippen molar-refractivity contribution in [3.05, 3.63) is 69.6 Å². The first-order valence-corrected chi connectivity index (χ1v) is 9.75. The van der Waals surface area contributed by atoms with Crippen molar-refractivity contribution >= 4 is 16.9 Å². The first-order valence-electron chi connectivity index (χ1n) is 9.75. The van der Waals surface area contributed by atoms with Crippen LogP contribution in [0.2, 0.25) is 0 Å². The summed E-state index contributed by atoms with van der Waals surface area (Å²) in [5.41, 5.74) is 11.0. The maximum Gasteiger partial charge on any atom is 0.323 e. The Morgan fingerprint density at radius 3 is 2.43 bits per heavy atom. The molecule has 1 atom stereocenters. The van der Waals surface area contributed by atoms with Crippen LogP contribution in [-0.4, -0.2) is 22.4 Å². The monoisotopic (exact) mass is 380 g/mol. The van der Waals surface area contributed by atoms with Crippen molar-refractivity contribution < 1.29 is 4.79 Å². The zero-order valence-corrected chi connectivity index (χ0v) is 16.4. The molecule has 28 heavy (non-hydrogen) atoms. The number of nitrogens with two attached hydrogens (primary N) is 1. The Morgan fingerprint density at radius 1 is 1.04 bits per heavy atom. The van der Waals surface area contributed by atoms with E-state index in [0.717, 1.165) is 35.0 Å². The standard InChI is InChI=1S/C22H28N4O2/c1-14(2)16-7-9-17(10-8-16)18(23)13-24-21(27)5-3-4-15-6-11-19-20(12-15)26-22(28)25-19/h6-12,14,18H,3-5,13,23H2,1-2H3,(H,24,27)(H2,25,26,28). The zero-order chi connectivity index (χ0) is 20.1. The number of nitrogens with one attached hydrogen (secondary N) is 3. The quantitative estimate of drug-likeness (QED) is 0.483. The lowest BCUT2D eigenvalue weighted by molar-refractivity contribution is -0.121. The van der Waals surface area contributed by atoms with Crippen molar-refractivity contribution in [1.29, 1.82) is 0 Å².